The number of carbonyl (C=O) groups excluding carboxylic acids is 1. The fourth-order valence-electron chi connectivity index (χ4n) is 2.88. The van der Waals surface area contributed by atoms with Crippen molar-refractivity contribution in [1.82, 2.24) is 10.2 Å². The van der Waals surface area contributed by atoms with Crippen LogP contribution in [-0.2, 0) is 0 Å². The summed E-state index contributed by atoms with van der Waals surface area (Å²) in [6.45, 7) is 2.35. The molecule has 0 spiro atoms. The van der Waals surface area contributed by atoms with Crippen molar-refractivity contribution in [3.63, 3.8) is 0 Å². The van der Waals surface area contributed by atoms with Crippen LogP contribution < -0.4 is 14.8 Å². The van der Waals surface area contributed by atoms with Gasteiger partial charge >= 0.3 is 5.69 Å². The zero-order chi connectivity index (χ0) is 20.7. The number of carbonyl (C=O) groups is 1. The maximum atomic E-state index is 12.6. The molecule has 0 aliphatic rings. The van der Waals surface area contributed by atoms with E-state index >= 15 is 0 Å². The molecule has 0 aliphatic heterocycles. The van der Waals surface area contributed by atoms with Crippen molar-refractivity contribution in [2.24, 2.45) is 0 Å². The number of hydrogen-bond donors (Lipinski definition) is 1. The Morgan fingerprint density at radius 2 is 1.93 bits per heavy atom. The molecule has 2 aromatic rings. The molecule has 8 nitrogen and oxygen atoms in total. The first-order valence-electron chi connectivity index (χ1n) is 8.87. The Kier molecular flexibility index (Phi) is 7.34. The number of amides is 1. The minimum Gasteiger partial charge on any atom is -0.496 e. The summed E-state index contributed by atoms with van der Waals surface area (Å²) in [4.78, 5) is 25.2. The van der Waals surface area contributed by atoms with Crippen molar-refractivity contribution in [3.8, 4) is 11.5 Å². The average Bonchev–Trinajstić information content (AvgIpc) is 2.68. The van der Waals surface area contributed by atoms with Crippen LogP contribution in [0, 0.1) is 10.1 Å². The Hall–Kier alpha value is -3.13. The van der Waals surface area contributed by atoms with Gasteiger partial charge < -0.3 is 19.7 Å². The Labute approximate surface area is 164 Å². The second-order valence-corrected chi connectivity index (χ2v) is 6.30. The summed E-state index contributed by atoms with van der Waals surface area (Å²) < 4.78 is 10.7. The van der Waals surface area contributed by atoms with Gasteiger partial charge in [-0.2, -0.15) is 0 Å². The Bertz CT molecular complexity index is 838. The number of ether oxygens (including phenoxy) is 2. The van der Waals surface area contributed by atoms with Crippen LogP contribution in [0.1, 0.15) is 28.9 Å². The summed E-state index contributed by atoms with van der Waals surface area (Å²) in [7, 11) is 5.42. The molecule has 1 atom stereocenters. The molecule has 0 saturated heterocycles. The maximum Gasteiger partial charge on any atom is 0.311 e. The van der Waals surface area contributed by atoms with Gasteiger partial charge in [-0.05, 0) is 39.2 Å². The first kappa shape index (κ1) is 21.2. The van der Waals surface area contributed by atoms with Gasteiger partial charge in [-0.3, -0.25) is 14.9 Å². The Balaban J connectivity index is 2.19. The van der Waals surface area contributed by atoms with E-state index in [9.17, 15) is 14.9 Å². The molecule has 2 rings (SSSR count). The first-order chi connectivity index (χ1) is 13.4. The number of para-hydroxylation sites is 1. The van der Waals surface area contributed by atoms with Gasteiger partial charge in [0.15, 0.2) is 5.75 Å². The van der Waals surface area contributed by atoms with E-state index in [0.717, 1.165) is 11.3 Å². The predicted octanol–water partition coefficient (Wildman–Crippen LogP) is 3.03. The average molecular weight is 387 g/mol. The summed E-state index contributed by atoms with van der Waals surface area (Å²) in [5, 5.41) is 14.1. The molecule has 0 bridgehead atoms. The summed E-state index contributed by atoms with van der Waals surface area (Å²) >= 11 is 0. The highest BCUT2D eigenvalue weighted by molar-refractivity contribution is 5.95. The SMILES string of the molecule is CCOc1ccc(C(=O)NCC(c2ccccc2OC)N(C)C)cc1[N+](=O)[O-]. The number of nitro groups is 1. The molecule has 0 saturated carbocycles. The number of nitro benzene ring substituents is 1. The van der Waals surface area contributed by atoms with E-state index in [2.05, 4.69) is 5.32 Å². The van der Waals surface area contributed by atoms with Crippen molar-refractivity contribution in [2.45, 2.75) is 13.0 Å². The minimum absolute atomic E-state index is 0.127. The van der Waals surface area contributed by atoms with Gasteiger partial charge in [-0.15, -0.1) is 0 Å². The van der Waals surface area contributed by atoms with Crippen LogP contribution in [0.25, 0.3) is 0 Å². The third-order valence-electron chi connectivity index (χ3n) is 4.29. The number of likely N-dealkylation sites (N-methyl/N-ethyl adjacent to an activating group) is 1. The quantitative estimate of drug-likeness (QED) is 0.525. The van der Waals surface area contributed by atoms with Gasteiger partial charge in [0.2, 0.25) is 0 Å². The third kappa shape index (κ3) is 4.98. The van der Waals surface area contributed by atoms with Gasteiger partial charge in [0, 0.05) is 23.7 Å². The number of nitrogens with zero attached hydrogens (tertiary/aromatic N) is 2. The summed E-state index contributed by atoms with van der Waals surface area (Å²) in [6.07, 6.45) is 0. The molecular weight excluding hydrogens is 362 g/mol. The fraction of sp³-hybridized carbons (Fsp3) is 0.350. The molecule has 1 amide bonds. The number of nitrogens with one attached hydrogen (secondary N) is 1. The maximum absolute atomic E-state index is 12.6. The lowest BCUT2D eigenvalue weighted by molar-refractivity contribution is -0.385. The van der Waals surface area contributed by atoms with Gasteiger partial charge in [-0.25, -0.2) is 0 Å². The monoisotopic (exact) mass is 387 g/mol. The molecule has 2 aromatic carbocycles. The van der Waals surface area contributed by atoms with Gasteiger partial charge in [0.05, 0.1) is 24.7 Å². The zero-order valence-corrected chi connectivity index (χ0v) is 16.5. The van der Waals surface area contributed by atoms with E-state index in [1.165, 1.54) is 18.2 Å². The van der Waals surface area contributed by atoms with Crippen LogP contribution in [0.15, 0.2) is 42.5 Å². The normalized spacial score (nSPS) is 11.8. The highest BCUT2D eigenvalue weighted by atomic mass is 16.6. The Morgan fingerprint density at radius 3 is 2.54 bits per heavy atom. The van der Waals surface area contributed by atoms with Crippen molar-refractivity contribution >= 4 is 11.6 Å². The predicted molar refractivity (Wildman–Crippen MR) is 106 cm³/mol. The van der Waals surface area contributed by atoms with Crippen LogP contribution in [0.4, 0.5) is 5.69 Å². The second kappa shape index (κ2) is 9.70. The largest absolute Gasteiger partial charge is 0.496 e. The van der Waals surface area contributed by atoms with Crippen molar-refractivity contribution in [3.05, 3.63) is 63.7 Å². The van der Waals surface area contributed by atoms with Crippen LogP contribution in [-0.4, -0.2) is 50.1 Å². The first-order valence-corrected chi connectivity index (χ1v) is 8.87. The summed E-state index contributed by atoms with van der Waals surface area (Å²) in [5.74, 6) is 0.476. The van der Waals surface area contributed by atoms with Crippen molar-refractivity contribution in [2.75, 3.05) is 34.4 Å². The van der Waals surface area contributed by atoms with Crippen molar-refractivity contribution in [1.29, 1.82) is 0 Å². The van der Waals surface area contributed by atoms with E-state index in [1.54, 1.807) is 14.0 Å². The number of benzene rings is 2. The molecule has 0 aliphatic carbocycles. The van der Waals surface area contributed by atoms with Gasteiger partial charge in [0.25, 0.3) is 5.91 Å². The molecule has 150 valence electrons. The molecule has 0 fully saturated rings. The molecule has 28 heavy (non-hydrogen) atoms. The van der Waals surface area contributed by atoms with Crippen LogP contribution in [0.5, 0.6) is 11.5 Å². The van der Waals surface area contributed by atoms with Crippen LogP contribution >= 0.6 is 0 Å². The Morgan fingerprint density at radius 1 is 1.21 bits per heavy atom. The fourth-order valence-corrected chi connectivity index (χ4v) is 2.88. The smallest absolute Gasteiger partial charge is 0.311 e. The molecule has 0 heterocycles. The summed E-state index contributed by atoms with van der Waals surface area (Å²) in [6, 6.07) is 11.7. The van der Waals surface area contributed by atoms with E-state index in [0.29, 0.717) is 13.2 Å². The van der Waals surface area contributed by atoms with E-state index < -0.39 is 10.8 Å². The lowest BCUT2D eigenvalue weighted by Crippen LogP contribution is -2.34. The van der Waals surface area contributed by atoms with E-state index in [-0.39, 0.29) is 23.0 Å². The lowest BCUT2D eigenvalue weighted by atomic mass is 10.0. The van der Waals surface area contributed by atoms with E-state index in [4.69, 9.17) is 9.47 Å². The zero-order valence-electron chi connectivity index (χ0n) is 16.5. The number of hydrogen-bond acceptors (Lipinski definition) is 6. The topological polar surface area (TPSA) is 93.9 Å². The molecular formula is C20H25N3O5. The molecule has 0 aromatic heterocycles. The van der Waals surface area contributed by atoms with Crippen LogP contribution in [0.3, 0.4) is 0 Å². The number of methoxy groups -OCH3 is 1. The molecule has 1 unspecified atom stereocenters. The minimum atomic E-state index is -0.556. The lowest BCUT2D eigenvalue weighted by Gasteiger charge is -2.26. The van der Waals surface area contributed by atoms with Crippen LogP contribution in [0.2, 0.25) is 0 Å². The standard InChI is InChI=1S/C20H25N3O5/c1-5-28-19-11-10-14(12-16(19)23(25)26)20(24)21-13-17(22(2)3)15-8-6-7-9-18(15)27-4/h6-12,17H,5,13H2,1-4H3,(H,21,24). The van der Waals surface area contributed by atoms with Crippen molar-refractivity contribution < 1.29 is 19.2 Å². The molecule has 1 N–H and O–H groups in total. The second-order valence-electron chi connectivity index (χ2n) is 6.30. The third-order valence-corrected chi connectivity index (χ3v) is 4.29. The van der Waals surface area contributed by atoms with Gasteiger partial charge in [0.1, 0.15) is 5.75 Å². The van der Waals surface area contributed by atoms with Gasteiger partial charge in [-0.1, -0.05) is 18.2 Å². The highest BCUT2D eigenvalue weighted by Gasteiger charge is 2.21. The number of rotatable bonds is 9. The molecule has 0 radical (unpaired) electrons. The summed E-state index contributed by atoms with van der Waals surface area (Å²) in [5.41, 5.74) is 0.907. The highest BCUT2D eigenvalue weighted by Crippen LogP contribution is 2.29. The molecule has 8 heteroatoms. The van der Waals surface area contributed by atoms with E-state index in [1.807, 2.05) is 43.3 Å².